The van der Waals surface area contributed by atoms with Gasteiger partial charge in [0.15, 0.2) is 0 Å². The molecule has 5 heteroatoms. The summed E-state index contributed by atoms with van der Waals surface area (Å²) in [5.74, 6) is 1.24. The van der Waals surface area contributed by atoms with Crippen LogP contribution in [0.5, 0.6) is 0 Å². The second kappa shape index (κ2) is 8.52. The first kappa shape index (κ1) is 18.0. The zero-order valence-corrected chi connectivity index (χ0v) is 14.9. The van der Waals surface area contributed by atoms with Crippen LogP contribution in [0.15, 0.2) is 34.9 Å². The zero-order valence-electron chi connectivity index (χ0n) is 14.9. The van der Waals surface area contributed by atoms with Crippen LogP contribution in [0.25, 0.3) is 0 Å². The van der Waals surface area contributed by atoms with E-state index >= 15 is 0 Å². The van der Waals surface area contributed by atoms with Gasteiger partial charge in [0, 0.05) is 18.2 Å². The highest BCUT2D eigenvalue weighted by atomic mass is 16.5. The van der Waals surface area contributed by atoms with Crippen molar-refractivity contribution >= 4 is 6.03 Å². The Morgan fingerprint density at radius 3 is 2.54 bits per heavy atom. The lowest BCUT2D eigenvalue weighted by Gasteiger charge is -2.16. The molecular weight excluding hydrogens is 302 g/mol. The topological polar surface area (TPSA) is 67.2 Å². The number of carbonyl (C=O) groups is 1. The van der Waals surface area contributed by atoms with E-state index in [-0.39, 0.29) is 12.1 Å². The molecular formula is C19H27N3O2. The van der Waals surface area contributed by atoms with E-state index in [1.165, 1.54) is 5.56 Å². The van der Waals surface area contributed by atoms with Crippen molar-refractivity contribution in [3.8, 4) is 0 Å². The maximum Gasteiger partial charge on any atom is 0.315 e. The van der Waals surface area contributed by atoms with E-state index in [0.29, 0.717) is 12.5 Å². The second-order valence-corrected chi connectivity index (χ2v) is 6.41. The summed E-state index contributed by atoms with van der Waals surface area (Å²) in [6, 6.07) is 10.2. The van der Waals surface area contributed by atoms with Crippen molar-refractivity contribution in [1.29, 1.82) is 0 Å². The fraction of sp³-hybridized carbons (Fsp3) is 0.474. The Labute approximate surface area is 143 Å². The van der Waals surface area contributed by atoms with Gasteiger partial charge in [0.05, 0.1) is 5.69 Å². The molecule has 0 radical (unpaired) electrons. The van der Waals surface area contributed by atoms with Crippen LogP contribution in [-0.4, -0.2) is 23.8 Å². The molecule has 2 rings (SSSR count). The first-order valence-electron chi connectivity index (χ1n) is 8.48. The van der Waals surface area contributed by atoms with Gasteiger partial charge in [-0.05, 0) is 45.1 Å². The van der Waals surface area contributed by atoms with Crippen molar-refractivity contribution < 1.29 is 9.32 Å². The highest BCUT2D eigenvalue weighted by Crippen LogP contribution is 2.17. The molecule has 2 aromatic rings. The van der Waals surface area contributed by atoms with Gasteiger partial charge < -0.3 is 15.2 Å². The molecule has 2 atom stereocenters. The van der Waals surface area contributed by atoms with Gasteiger partial charge in [0.2, 0.25) is 0 Å². The summed E-state index contributed by atoms with van der Waals surface area (Å²) in [5, 5.41) is 9.84. The van der Waals surface area contributed by atoms with Crippen LogP contribution < -0.4 is 10.6 Å². The lowest BCUT2D eigenvalue weighted by atomic mass is 9.98. The highest BCUT2D eigenvalue weighted by Gasteiger charge is 2.14. The first-order valence-corrected chi connectivity index (χ1v) is 8.48. The van der Waals surface area contributed by atoms with E-state index in [1.807, 2.05) is 39.0 Å². The fourth-order valence-electron chi connectivity index (χ4n) is 2.78. The van der Waals surface area contributed by atoms with Crippen molar-refractivity contribution in [3.05, 3.63) is 52.9 Å². The predicted octanol–water partition coefficient (Wildman–Crippen LogP) is 3.72. The van der Waals surface area contributed by atoms with Gasteiger partial charge >= 0.3 is 6.03 Å². The molecule has 1 heterocycles. The quantitative estimate of drug-likeness (QED) is 0.813. The Kier molecular flexibility index (Phi) is 6.41. The molecule has 0 saturated carbocycles. The molecule has 0 saturated heterocycles. The molecule has 0 aliphatic carbocycles. The molecule has 130 valence electrons. The molecule has 0 spiro atoms. The molecule has 1 aromatic carbocycles. The molecule has 0 unspecified atom stereocenters. The number of nitrogens with one attached hydrogen (secondary N) is 2. The SMILES string of the molecule is Cc1noc(C)c1C[C@@H](C)NC(=O)NCC[C@H](C)c1ccccc1. The van der Waals surface area contributed by atoms with Crippen molar-refractivity contribution in [3.63, 3.8) is 0 Å². The third-order valence-corrected chi connectivity index (χ3v) is 4.30. The average Bonchev–Trinajstić information content (AvgIpc) is 2.87. The number of aryl methyl sites for hydroxylation is 2. The van der Waals surface area contributed by atoms with Crippen molar-refractivity contribution in [2.45, 2.75) is 52.5 Å². The van der Waals surface area contributed by atoms with E-state index in [9.17, 15) is 4.79 Å². The molecule has 0 aliphatic heterocycles. The van der Waals surface area contributed by atoms with Crippen molar-refractivity contribution in [1.82, 2.24) is 15.8 Å². The van der Waals surface area contributed by atoms with Gasteiger partial charge in [-0.1, -0.05) is 42.4 Å². The third-order valence-electron chi connectivity index (χ3n) is 4.30. The Morgan fingerprint density at radius 2 is 1.92 bits per heavy atom. The number of aromatic nitrogens is 1. The van der Waals surface area contributed by atoms with Crippen LogP contribution in [0.3, 0.4) is 0 Å². The summed E-state index contributed by atoms with van der Waals surface area (Å²) in [4.78, 5) is 12.0. The molecule has 0 fully saturated rings. The van der Waals surface area contributed by atoms with E-state index in [0.717, 1.165) is 29.9 Å². The van der Waals surface area contributed by atoms with Crippen molar-refractivity contribution in [2.24, 2.45) is 0 Å². The molecule has 24 heavy (non-hydrogen) atoms. The number of amides is 2. The minimum atomic E-state index is -0.130. The first-order chi connectivity index (χ1) is 11.5. The molecule has 2 amide bonds. The molecule has 1 aromatic heterocycles. The van der Waals surface area contributed by atoms with Gasteiger partial charge in [-0.2, -0.15) is 0 Å². The van der Waals surface area contributed by atoms with Crippen LogP contribution >= 0.6 is 0 Å². The van der Waals surface area contributed by atoms with Gasteiger partial charge in [-0.15, -0.1) is 0 Å². The largest absolute Gasteiger partial charge is 0.361 e. The predicted molar refractivity (Wildman–Crippen MR) is 95.2 cm³/mol. The van der Waals surface area contributed by atoms with Gasteiger partial charge in [-0.25, -0.2) is 4.79 Å². The van der Waals surface area contributed by atoms with E-state index in [1.54, 1.807) is 0 Å². The standard InChI is InChI=1S/C19H27N3O2/c1-13(17-8-6-5-7-9-17)10-11-20-19(23)21-14(2)12-18-15(3)22-24-16(18)4/h5-9,13-14H,10-12H2,1-4H3,(H2,20,21,23)/t13-,14+/m0/s1. The van der Waals surface area contributed by atoms with Gasteiger partial charge in [0.25, 0.3) is 0 Å². The van der Waals surface area contributed by atoms with E-state index < -0.39 is 0 Å². The summed E-state index contributed by atoms with van der Waals surface area (Å²) in [5.41, 5.74) is 3.25. The summed E-state index contributed by atoms with van der Waals surface area (Å²) >= 11 is 0. The number of carbonyl (C=O) groups excluding carboxylic acids is 1. The fourth-order valence-corrected chi connectivity index (χ4v) is 2.78. The summed E-state index contributed by atoms with van der Waals surface area (Å²) in [6.45, 7) is 8.63. The Hall–Kier alpha value is -2.30. The minimum absolute atomic E-state index is 0.0216. The number of hydrogen-bond acceptors (Lipinski definition) is 3. The Balaban J connectivity index is 1.71. The van der Waals surface area contributed by atoms with Gasteiger partial charge in [0.1, 0.15) is 5.76 Å². The minimum Gasteiger partial charge on any atom is -0.361 e. The average molecular weight is 329 g/mol. The molecule has 2 N–H and O–H groups in total. The smallest absolute Gasteiger partial charge is 0.315 e. The van der Waals surface area contributed by atoms with Crippen LogP contribution in [0.2, 0.25) is 0 Å². The zero-order chi connectivity index (χ0) is 17.5. The highest BCUT2D eigenvalue weighted by molar-refractivity contribution is 5.74. The van der Waals surface area contributed by atoms with Crippen LogP contribution in [-0.2, 0) is 6.42 Å². The molecule has 0 aliphatic rings. The summed E-state index contributed by atoms with van der Waals surface area (Å²) in [6.07, 6.45) is 1.63. The number of nitrogens with zero attached hydrogens (tertiary/aromatic N) is 1. The Morgan fingerprint density at radius 1 is 1.21 bits per heavy atom. The molecule has 0 bridgehead atoms. The van der Waals surface area contributed by atoms with Gasteiger partial charge in [-0.3, -0.25) is 0 Å². The normalized spacial score (nSPS) is 13.3. The number of hydrogen-bond donors (Lipinski definition) is 2. The monoisotopic (exact) mass is 329 g/mol. The number of rotatable bonds is 7. The van der Waals surface area contributed by atoms with Crippen LogP contribution in [0.4, 0.5) is 4.79 Å². The lowest BCUT2D eigenvalue weighted by Crippen LogP contribution is -2.42. The number of benzene rings is 1. The van der Waals surface area contributed by atoms with Crippen LogP contribution in [0, 0.1) is 13.8 Å². The maximum absolute atomic E-state index is 12.0. The Bertz CT molecular complexity index is 632. The third kappa shape index (κ3) is 5.11. The number of urea groups is 1. The van der Waals surface area contributed by atoms with E-state index in [2.05, 4.69) is 34.8 Å². The summed E-state index contributed by atoms with van der Waals surface area (Å²) < 4.78 is 5.16. The maximum atomic E-state index is 12.0. The van der Waals surface area contributed by atoms with Crippen molar-refractivity contribution in [2.75, 3.05) is 6.54 Å². The lowest BCUT2D eigenvalue weighted by molar-refractivity contribution is 0.237. The van der Waals surface area contributed by atoms with Crippen LogP contribution in [0.1, 0.15) is 48.8 Å². The molecule has 5 nitrogen and oxygen atoms in total. The second-order valence-electron chi connectivity index (χ2n) is 6.41. The summed E-state index contributed by atoms with van der Waals surface area (Å²) in [7, 11) is 0. The van der Waals surface area contributed by atoms with E-state index in [4.69, 9.17) is 4.52 Å².